The highest BCUT2D eigenvalue weighted by atomic mass is 16.2. The minimum Gasteiger partial charge on any atom is -0.356 e. The van der Waals surface area contributed by atoms with E-state index in [1.54, 1.807) is 0 Å². The van der Waals surface area contributed by atoms with Crippen LogP contribution in [0.15, 0.2) is 0 Å². The molecule has 2 aliphatic heterocycles. The van der Waals surface area contributed by atoms with Gasteiger partial charge in [-0.05, 0) is 26.2 Å². The summed E-state index contributed by atoms with van der Waals surface area (Å²) in [5, 5.41) is 0. The van der Waals surface area contributed by atoms with Crippen LogP contribution >= 0.6 is 0 Å². The van der Waals surface area contributed by atoms with Gasteiger partial charge in [0.05, 0.1) is 12.2 Å². The average Bonchev–Trinajstić information content (AvgIpc) is 3.05. The predicted molar refractivity (Wildman–Crippen MR) is 86.9 cm³/mol. The van der Waals surface area contributed by atoms with Crippen molar-refractivity contribution < 1.29 is 4.79 Å². The van der Waals surface area contributed by atoms with Gasteiger partial charge < -0.3 is 9.80 Å². The van der Waals surface area contributed by atoms with E-state index in [9.17, 15) is 4.79 Å². The Morgan fingerprint density at radius 3 is 2.68 bits per heavy atom. The molecular weight excluding hydrogens is 276 g/mol. The van der Waals surface area contributed by atoms with Crippen molar-refractivity contribution in [2.24, 2.45) is 0 Å². The van der Waals surface area contributed by atoms with Crippen molar-refractivity contribution >= 4 is 11.7 Å². The van der Waals surface area contributed by atoms with Crippen LogP contribution in [-0.4, -0.2) is 40.4 Å². The van der Waals surface area contributed by atoms with E-state index in [1.165, 1.54) is 18.4 Å². The Hall–Kier alpha value is -1.65. The lowest BCUT2D eigenvalue weighted by Crippen LogP contribution is -2.38. The van der Waals surface area contributed by atoms with Gasteiger partial charge in [0.15, 0.2) is 0 Å². The van der Waals surface area contributed by atoms with Crippen LogP contribution in [0, 0.1) is 6.92 Å². The number of carbonyl (C=O) groups is 1. The van der Waals surface area contributed by atoms with E-state index in [1.807, 2.05) is 11.8 Å². The van der Waals surface area contributed by atoms with Gasteiger partial charge in [-0.1, -0.05) is 13.3 Å². The summed E-state index contributed by atoms with van der Waals surface area (Å²) in [7, 11) is 0. The number of hydrogen-bond donors (Lipinski definition) is 0. The molecule has 0 spiro atoms. The molecule has 1 aromatic rings. The van der Waals surface area contributed by atoms with Crippen LogP contribution in [0.25, 0.3) is 0 Å². The van der Waals surface area contributed by atoms with Gasteiger partial charge in [0.1, 0.15) is 11.6 Å². The number of amides is 1. The van der Waals surface area contributed by atoms with Crippen molar-refractivity contribution in [3.8, 4) is 0 Å². The number of rotatable bonds is 4. The van der Waals surface area contributed by atoms with E-state index in [0.717, 1.165) is 56.2 Å². The molecule has 0 N–H and O–H groups in total. The maximum absolute atomic E-state index is 12.3. The first-order chi connectivity index (χ1) is 10.7. The van der Waals surface area contributed by atoms with Gasteiger partial charge in [-0.2, -0.15) is 0 Å². The first-order valence-corrected chi connectivity index (χ1v) is 8.58. The van der Waals surface area contributed by atoms with Crippen molar-refractivity contribution in [2.75, 3.05) is 24.5 Å². The minimum atomic E-state index is 0.278. The summed E-state index contributed by atoms with van der Waals surface area (Å²) in [4.78, 5) is 26.0. The average molecular weight is 302 g/mol. The van der Waals surface area contributed by atoms with Crippen LogP contribution in [0.3, 0.4) is 0 Å². The Morgan fingerprint density at radius 2 is 1.95 bits per heavy atom. The van der Waals surface area contributed by atoms with Crippen LogP contribution in [-0.2, 0) is 17.8 Å². The fraction of sp³-hybridized carbons (Fsp3) is 0.706. The number of hydrogen-bond acceptors (Lipinski definition) is 4. The van der Waals surface area contributed by atoms with E-state index in [-0.39, 0.29) is 5.91 Å². The molecule has 1 aromatic heterocycles. The second-order valence-corrected chi connectivity index (χ2v) is 6.38. The molecule has 1 amide bonds. The lowest BCUT2D eigenvalue weighted by Gasteiger charge is -2.31. The standard InChI is InChI=1S/C17H26N4O/c1-3-4-7-16(22)21-11-8-15-14(12-21)17(19-13(2)18-15)20-9-5-6-10-20/h3-12H2,1-2H3. The van der Waals surface area contributed by atoms with Crippen molar-refractivity contribution in [3.05, 3.63) is 17.1 Å². The molecule has 22 heavy (non-hydrogen) atoms. The van der Waals surface area contributed by atoms with Crippen molar-refractivity contribution in [3.63, 3.8) is 0 Å². The van der Waals surface area contributed by atoms with Crippen LogP contribution < -0.4 is 4.90 Å². The summed E-state index contributed by atoms with van der Waals surface area (Å²) in [6, 6.07) is 0. The molecule has 1 fully saturated rings. The van der Waals surface area contributed by atoms with E-state index >= 15 is 0 Å². The smallest absolute Gasteiger partial charge is 0.222 e. The summed E-state index contributed by atoms with van der Waals surface area (Å²) in [5.74, 6) is 2.21. The van der Waals surface area contributed by atoms with Gasteiger partial charge in [-0.15, -0.1) is 0 Å². The predicted octanol–water partition coefficient (Wildman–Crippen LogP) is 2.46. The van der Waals surface area contributed by atoms with Gasteiger partial charge in [0, 0.05) is 38.0 Å². The Morgan fingerprint density at radius 1 is 1.18 bits per heavy atom. The molecule has 3 rings (SSSR count). The number of anilines is 1. The minimum absolute atomic E-state index is 0.278. The number of unbranched alkanes of at least 4 members (excludes halogenated alkanes) is 1. The zero-order valence-corrected chi connectivity index (χ0v) is 13.8. The van der Waals surface area contributed by atoms with Crippen molar-refractivity contribution in [2.45, 2.75) is 58.9 Å². The molecule has 2 aliphatic rings. The first-order valence-electron chi connectivity index (χ1n) is 8.58. The second kappa shape index (κ2) is 6.63. The normalized spacial score (nSPS) is 17.7. The zero-order chi connectivity index (χ0) is 15.5. The maximum atomic E-state index is 12.3. The van der Waals surface area contributed by atoms with Crippen molar-refractivity contribution in [1.82, 2.24) is 14.9 Å². The van der Waals surface area contributed by atoms with Crippen LogP contribution in [0.5, 0.6) is 0 Å². The molecule has 1 saturated heterocycles. The molecule has 5 nitrogen and oxygen atoms in total. The monoisotopic (exact) mass is 302 g/mol. The largest absolute Gasteiger partial charge is 0.356 e. The molecule has 0 aromatic carbocycles. The van der Waals surface area contributed by atoms with Gasteiger partial charge >= 0.3 is 0 Å². The van der Waals surface area contributed by atoms with E-state index in [4.69, 9.17) is 4.98 Å². The lowest BCUT2D eigenvalue weighted by atomic mass is 10.0. The molecule has 120 valence electrons. The van der Waals surface area contributed by atoms with E-state index in [0.29, 0.717) is 13.0 Å². The highest BCUT2D eigenvalue weighted by molar-refractivity contribution is 5.76. The van der Waals surface area contributed by atoms with Gasteiger partial charge in [0.25, 0.3) is 0 Å². The number of carbonyl (C=O) groups excluding carboxylic acids is 1. The molecule has 5 heteroatoms. The zero-order valence-electron chi connectivity index (χ0n) is 13.8. The molecular formula is C17H26N4O. The summed E-state index contributed by atoms with van der Waals surface area (Å²) < 4.78 is 0. The van der Waals surface area contributed by atoms with Gasteiger partial charge in [0.2, 0.25) is 5.91 Å². The summed E-state index contributed by atoms with van der Waals surface area (Å²) in [6.45, 7) is 7.73. The second-order valence-electron chi connectivity index (χ2n) is 6.38. The summed E-state index contributed by atoms with van der Waals surface area (Å²) in [5.41, 5.74) is 2.33. The van der Waals surface area contributed by atoms with E-state index in [2.05, 4.69) is 16.8 Å². The topological polar surface area (TPSA) is 49.3 Å². The highest BCUT2D eigenvalue weighted by Crippen LogP contribution is 2.29. The first kappa shape index (κ1) is 15.3. The van der Waals surface area contributed by atoms with Crippen LogP contribution in [0.1, 0.15) is 56.1 Å². The fourth-order valence-corrected chi connectivity index (χ4v) is 3.41. The fourth-order valence-electron chi connectivity index (χ4n) is 3.41. The lowest BCUT2D eigenvalue weighted by molar-refractivity contribution is -0.132. The number of fused-ring (bicyclic) bond motifs is 1. The molecule has 0 aliphatic carbocycles. The third kappa shape index (κ3) is 3.08. The van der Waals surface area contributed by atoms with Crippen LogP contribution in [0.2, 0.25) is 0 Å². The Kier molecular flexibility index (Phi) is 4.60. The molecule has 0 atom stereocenters. The quantitative estimate of drug-likeness (QED) is 0.857. The third-order valence-electron chi connectivity index (χ3n) is 4.65. The van der Waals surface area contributed by atoms with Crippen LogP contribution in [0.4, 0.5) is 5.82 Å². The summed E-state index contributed by atoms with van der Waals surface area (Å²) >= 11 is 0. The highest BCUT2D eigenvalue weighted by Gasteiger charge is 2.27. The Labute approximate surface area is 132 Å². The number of nitrogens with zero attached hydrogens (tertiary/aromatic N) is 4. The molecule has 3 heterocycles. The maximum Gasteiger partial charge on any atom is 0.222 e. The Balaban J connectivity index is 1.83. The molecule has 0 bridgehead atoms. The summed E-state index contributed by atoms with van der Waals surface area (Å²) in [6.07, 6.45) is 6.03. The van der Waals surface area contributed by atoms with Gasteiger partial charge in [-0.25, -0.2) is 9.97 Å². The SMILES string of the molecule is CCCCC(=O)N1CCc2nc(C)nc(N3CCCC3)c2C1. The molecule has 0 saturated carbocycles. The number of aryl methyl sites for hydroxylation is 1. The van der Waals surface area contributed by atoms with Crippen molar-refractivity contribution in [1.29, 1.82) is 0 Å². The number of aromatic nitrogens is 2. The third-order valence-corrected chi connectivity index (χ3v) is 4.65. The molecule has 0 unspecified atom stereocenters. The van der Waals surface area contributed by atoms with Gasteiger partial charge in [-0.3, -0.25) is 4.79 Å². The van der Waals surface area contributed by atoms with E-state index < -0.39 is 0 Å². The Bertz CT molecular complexity index is 552. The molecule has 0 radical (unpaired) electrons.